The highest BCUT2D eigenvalue weighted by Crippen LogP contribution is 2.18. The maximum Gasteiger partial charge on any atom is 0.289 e. The maximum atomic E-state index is 10.5. The van der Waals surface area contributed by atoms with Crippen LogP contribution in [0.2, 0.25) is 0 Å². The van der Waals surface area contributed by atoms with Crippen LogP contribution in [-0.4, -0.2) is 27.7 Å². The molecule has 1 aromatic heterocycles. The van der Waals surface area contributed by atoms with Crippen LogP contribution in [0, 0.1) is 21.4 Å². The van der Waals surface area contributed by atoms with Gasteiger partial charge >= 0.3 is 0 Å². The molecule has 0 bridgehead atoms. The van der Waals surface area contributed by atoms with Crippen LogP contribution < -0.4 is 5.32 Å². The Balaban J connectivity index is 2.66. The molecule has 2 N–H and O–H groups in total. The number of pyridine rings is 1. The van der Waals surface area contributed by atoms with Crippen LogP contribution in [0.4, 0.5) is 11.5 Å². The summed E-state index contributed by atoms with van der Waals surface area (Å²) in [5, 5.41) is 31.4. The van der Waals surface area contributed by atoms with Crippen LogP contribution in [0.3, 0.4) is 0 Å². The number of aliphatic hydroxyl groups is 1. The summed E-state index contributed by atoms with van der Waals surface area (Å²) in [7, 11) is 0. The van der Waals surface area contributed by atoms with E-state index in [2.05, 4.69) is 10.3 Å². The van der Waals surface area contributed by atoms with Crippen molar-refractivity contribution in [3.05, 3.63) is 27.9 Å². The highest BCUT2D eigenvalue weighted by Gasteiger charge is 2.11. The Kier molecular flexibility index (Phi) is 5.02. The van der Waals surface area contributed by atoms with Gasteiger partial charge in [0, 0.05) is 12.6 Å². The highest BCUT2D eigenvalue weighted by atomic mass is 16.6. The van der Waals surface area contributed by atoms with Gasteiger partial charge in [-0.15, -0.1) is 0 Å². The Hall–Kier alpha value is -2.20. The Morgan fingerprint density at radius 2 is 2.44 bits per heavy atom. The molecule has 0 aliphatic rings. The van der Waals surface area contributed by atoms with Gasteiger partial charge in [0.05, 0.1) is 11.0 Å². The fourth-order valence-electron chi connectivity index (χ4n) is 1.38. The second kappa shape index (κ2) is 6.51. The lowest BCUT2D eigenvalue weighted by atomic mass is 10.2. The zero-order valence-corrected chi connectivity index (χ0v) is 9.96. The zero-order chi connectivity index (χ0) is 13.5. The third-order valence-electron chi connectivity index (χ3n) is 2.30. The summed E-state index contributed by atoms with van der Waals surface area (Å²) in [6, 6.07) is 3.05. The van der Waals surface area contributed by atoms with Gasteiger partial charge in [-0.3, -0.25) is 10.1 Å². The second-order valence-electron chi connectivity index (χ2n) is 3.88. The van der Waals surface area contributed by atoms with Crippen molar-refractivity contribution >= 4 is 11.5 Å². The lowest BCUT2D eigenvalue weighted by molar-refractivity contribution is -0.385. The molecule has 1 unspecified atom stereocenters. The number of aromatic nitrogens is 1. The quantitative estimate of drug-likeness (QED) is 0.448. The van der Waals surface area contributed by atoms with Gasteiger partial charge < -0.3 is 10.4 Å². The first kappa shape index (κ1) is 13.9. The van der Waals surface area contributed by atoms with Crippen LogP contribution in [0.1, 0.15) is 25.3 Å². The molecule has 0 fully saturated rings. The normalized spacial score (nSPS) is 11.6. The minimum atomic E-state index is -0.592. The van der Waals surface area contributed by atoms with Crippen molar-refractivity contribution in [3.63, 3.8) is 0 Å². The van der Waals surface area contributed by atoms with Crippen molar-refractivity contribution in [2.45, 2.75) is 25.9 Å². The number of hydrogen-bond donors (Lipinski definition) is 2. The smallest absolute Gasteiger partial charge is 0.289 e. The van der Waals surface area contributed by atoms with Gasteiger partial charge in [-0.2, -0.15) is 5.26 Å². The number of aliphatic hydroxyl groups excluding tert-OH is 1. The summed E-state index contributed by atoms with van der Waals surface area (Å²) in [5.41, 5.74) is -0.0673. The number of nitrogens with one attached hydrogen (secondary N) is 1. The number of nitro groups is 1. The molecule has 0 amide bonds. The molecule has 1 heterocycles. The van der Waals surface area contributed by atoms with Crippen LogP contribution in [0.15, 0.2) is 12.3 Å². The first-order valence-electron chi connectivity index (χ1n) is 5.51. The average molecular weight is 250 g/mol. The van der Waals surface area contributed by atoms with E-state index in [9.17, 15) is 10.1 Å². The van der Waals surface area contributed by atoms with E-state index in [0.717, 1.165) is 12.6 Å². The SMILES string of the molecule is CC(O)CCCNc1ncc([N+](=O)[O-])cc1C#N. The lowest BCUT2D eigenvalue weighted by Gasteiger charge is -2.07. The fraction of sp³-hybridized carbons (Fsp3) is 0.455. The largest absolute Gasteiger partial charge is 0.393 e. The molecule has 1 rings (SSSR count). The molecular weight excluding hydrogens is 236 g/mol. The summed E-state index contributed by atoms with van der Waals surface area (Å²) in [5.74, 6) is 0.327. The van der Waals surface area contributed by atoms with E-state index in [1.165, 1.54) is 6.07 Å². The van der Waals surface area contributed by atoms with Crippen LogP contribution in [0.25, 0.3) is 0 Å². The summed E-state index contributed by atoms with van der Waals surface area (Å²) >= 11 is 0. The van der Waals surface area contributed by atoms with Gasteiger partial charge in [0.1, 0.15) is 23.6 Å². The predicted molar refractivity (Wildman–Crippen MR) is 65.0 cm³/mol. The standard InChI is InChI=1S/C11H14N4O3/c1-8(16)3-2-4-13-11-9(6-12)5-10(7-14-11)15(17)18/h5,7-8,16H,2-4H2,1H3,(H,13,14). The Labute approximate surface area is 104 Å². The summed E-state index contributed by atoms with van der Waals surface area (Å²) in [6.45, 7) is 2.25. The molecule has 1 atom stereocenters. The van der Waals surface area contributed by atoms with Gasteiger partial charge in [0.25, 0.3) is 5.69 Å². The third-order valence-corrected chi connectivity index (χ3v) is 2.30. The van der Waals surface area contributed by atoms with Crippen molar-refractivity contribution in [3.8, 4) is 6.07 Å². The van der Waals surface area contributed by atoms with E-state index in [0.29, 0.717) is 18.8 Å². The van der Waals surface area contributed by atoms with Crippen LogP contribution in [-0.2, 0) is 0 Å². The summed E-state index contributed by atoms with van der Waals surface area (Å²) < 4.78 is 0. The molecule has 7 heteroatoms. The predicted octanol–water partition coefficient (Wildman–Crippen LogP) is 1.43. The van der Waals surface area contributed by atoms with Crippen molar-refractivity contribution in [2.24, 2.45) is 0 Å². The van der Waals surface area contributed by atoms with E-state index in [1.807, 2.05) is 6.07 Å². The van der Waals surface area contributed by atoms with Gasteiger partial charge in [-0.25, -0.2) is 4.98 Å². The second-order valence-corrected chi connectivity index (χ2v) is 3.88. The van der Waals surface area contributed by atoms with Crippen LogP contribution >= 0.6 is 0 Å². The van der Waals surface area contributed by atoms with Crippen molar-refractivity contribution in [2.75, 3.05) is 11.9 Å². The van der Waals surface area contributed by atoms with E-state index < -0.39 is 4.92 Å². The molecule has 18 heavy (non-hydrogen) atoms. The molecule has 0 aliphatic heterocycles. The van der Waals surface area contributed by atoms with Gasteiger partial charge in [0.2, 0.25) is 0 Å². The first-order chi connectivity index (χ1) is 8.54. The molecule has 0 aliphatic carbocycles. The number of anilines is 1. The van der Waals surface area contributed by atoms with Crippen molar-refractivity contribution < 1.29 is 10.0 Å². The Morgan fingerprint density at radius 1 is 1.72 bits per heavy atom. The molecule has 7 nitrogen and oxygen atoms in total. The van der Waals surface area contributed by atoms with Gasteiger partial charge in [0.15, 0.2) is 0 Å². The van der Waals surface area contributed by atoms with Crippen molar-refractivity contribution in [1.82, 2.24) is 4.98 Å². The number of hydrogen-bond acceptors (Lipinski definition) is 6. The van der Waals surface area contributed by atoms with Crippen molar-refractivity contribution in [1.29, 1.82) is 5.26 Å². The Morgan fingerprint density at radius 3 is 3.00 bits per heavy atom. The lowest BCUT2D eigenvalue weighted by Crippen LogP contribution is -2.08. The van der Waals surface area contributed by atoms with E-state index in [-0.39, 0.29) is 17.4 Å². The van der Waals surface area contributed by atoms with E-state index in [4.69, 9.17) is 10.4 Å². The fourth-order valence-corrected chi connectivity index (χ4v) is 1.38. The van der Waals surface area contributed by atoms with Gasteiger partial charge in [-0.05, 0) is 19.8 Å². The van der Waals surface area contributed by atoms with E-state index >= 15 is 0 Å². The topological polar surface area (TPSA) is 112 Å². The molecular formula is C11H14N4O3. The number of rotatable bonds is 6. The molecule has 96 valence electrons. The van der Waals surface area contributed by atoms with Crippen LogP contribution in [0.5, 0.6) is 0 Å². The molecule has 1 aromatic rings. The molecule has 0 saturated carbocycles. The minimum absolute atomic E-state index is 0.140. The monoisotopic (exact) mass is 250 g/mol. The molecule has 0 saturated heterocycles. The molecule has 0 spiro atoms. The first-order valence-corrected chi connectivity index (χ1v) is 5.51. The molecule has 0 aromatic carbocycles. The summed E-state index contributed by atoms with van der Waals surface area (Å²) in [6.07, 6.45) is 2.10. The van der Waals surface area contributed by atoms with E-state index in [1.54, 1.807) is 6.92 Å². The van der Waals surface area contributed by atoms with Gasteiger partial charge in [-0.1, -0.05) is 0 Å². The third kappa shape index (κ3) is 3.99. The molecule has 0 radical (unpaired) electrons. The zero-order valence-electron chi connectivity index (χ0n) is 9.96. The highest BCUT2D eigenvalue weighted by molar-refractivity contribution is 5.55. The number of nitriles is 1. The number of nitrogens with zero attached hydrogens (tertiary/aromatic N) is 3. The maximum absolute atomic E-state index is 10.5. The summed E-state index contributed by atoms with van der Waals surface area (Å²) in [4.78, 5) is 13.8. The average Bonchev–Trinajstić information content (AvgIpc) is 2.34. The Bertz CT molecular complexity index is 468. The minimum Gasteiger partial charge on any atom is -0.393 e.